The number of rotatable bonds is 0. The van der Waals surface area contributed by atoms with Crippen molar-refractivity contribution >= 4 is 49.3 Å². The molecule has 0 spiro atoms. The number of aromatic nitrogens is 1. The number of para-hydroxylation sites is 1. The standard InChI is InChI=1S/C20H17NS/c1-12-7-8-19-15(9-12)16-10-14-13-5-3-4-6-17(13)21(2)18(14)11-20(16)22-19/h3-8,10-12H,9H2,1-2H3. The second kappa shape index (κ2) is 4.23. The molecule has 0 saturated carbocycles. The van der Waals surface area contributed by atoms with E-state index in [1.807, 2.05) is 11.3 Å². The summed E-state index contributed by atoms with van der Waals surface area (Å²) in [4.78, 5) is 1.45. The highest BCUT2D eigenvalue weighted by molar-refractivity contribution is 7.20. The normalized spacial score (nSPS) is 17.6. The van der Waals surface area contributed by atoms with E-state index in [2.05, 4.69) is 67.1 Å². The number of allylic oxidation sites excluding steroid dienone is 1. The van der Waals surface area contributed by atoms with Gasteiger partial charge in [-0.1, -0.05) is 31.2 Å². The zero-order valence-electron chi connectivity index (χ0n) is 12.8. The van der Waals surface area contributed by atoms with Crippen LogP contribution in [0.4, 0.5) is 0 Å². The first kappa shape index (κ1) is 12.5. The second-order valence-electron chi connectivity index (χ2n) is 6.43. The summed E-state index contributed by atoms with van der Waals surface area (Å²) in [6.45, 7) is 2.30. The number of nitrogens with zero attached hydrogens (tertiary/aromatic N) is 1. The molecular weight excluding hydrogens is 286 g/mol. The first-order valence-corrected chi connectivity index (χ1v) is 8.65. The Morgan fingerprint density at radius 1 is 1.05 bits per heavy atom. The summed E-state index contributed by atoms with van der Waals surface area (Å²) in [6.07, 6.45) is 5.83. The lowest BCUT2D eigenvalue weighted by molar-refractivity contribution is 0.724. The molecule has 0 N–H and O–H groups in total. The van der Waals surface area contributed by atoms with Crippen molar-refractivity contribution in [2.24, 2.45) is 13.0 Å². The predicted octanol–water partition coefficient (Wildman–Crippen LogP) is 5.75. The summed E-state index contributed by atoms with van der Waals surface area (Å²) in [5, 5.41) is 4.20. The average molecular weight is 303 g/mol. The lowest BCUT2D eigenvalue weighted by atomic mass is 9.93. The molecule has 1 unspecified atom stereocenters. The minimum atomic E-state index is 0.647. The maximum absolute atomic E-state index is 2.42. The quantitative estimate of drug-likeness (QED) is 0.390. The third kappa shape index (κ3) is 1.53. The Bertz CT molecular complexity index is 1080. The topological polar surface area (TPSA) is 4.93 Å². The third-order valence-electron chi connectivity index (χ3n) is 4.96. The Hall–Kier alpha value is -2.06. The SMILES string of the molecule is CC1C=Cc2sc3cc4c(cc3c2C1)c1ccccc1n4C. The maximum atomic E-state index is 2.42. The zero-order valence-corrected chi connectivity index (χ0v) is 13.6. The van der Waals surface area contributed by atoms with Gasteiger partial charge in [-0.15, -0.1) is 11.3 Å². The summed E-state index contributed by atoms with van der Waals surface area (Å²) in [5.41, 5.74) is 4.20. The van der Waals surface area contributed by atoms with Crippen LogP contribution >= 0.6 is 11.3 Å². The number of fused-ring (bicyclic) bond motifs is 6. The van der Waals surface area contributed by atoms with E-state index in [0.717, 1.165) is 0 Å². The Morgan fingerprint density at radius 3 is 2.82 bits per heavy atom. The molecule has 108 valence electrons. The van der Waals surface area contributed by atoms with Gasteiger partial charge in [-0.3, -0.25) is 0 Å². The monoisotopic (exact) mass is 303 g/mol. The third-order valence-corrected chi connectivity index (χ3v) is 6.12. The molecule has 1 nitrogen and oxygen atoms in total. The number of thiophene rings is 1. The van der Waals surface area contributed by atoms with E-state index in [1.54, 1.807) is 5.56 Å². The zero-order chi connectivity index (χ0) is 14.8. The van der Waals surface area contributed by atoms with Gasteiger partial charge in [-0.2, -0.15) is 0 Å². The largest absolute Gasteiger partial charge is 0.344 e. The molecule has 22 heavy (non-hydrogen) atoms. The van der Waals surface area contributed by atoms with E-state index in [9.17, 15) is 0 Å². The smallest absolute Gasteiger partial charge is 0.0503 e. The van der Waals surface area contributed by atoms with E-state index in [0.29, 0.717) is 5.92 Å². The Balaban J connectivity index is 1.95. The first-order chi connectivity index (χ1) is 10.7. The molecule has 5 rings (SSSR count). The molecule has 0 aliphatic heterocycles. The predicted molar refractivity (Wildman–Crippen MR) is 97.7 cm³/mol. The number of hydrogen-bond donors (Lipinski definition) is 0. The van der Waals surface area contributed by atoms with E-state index in [1.165, 1.54) is 43.2 Å². The molecule has 0 saturated heterocycles. The average Bonchev–Trinajstić information content (AvgIpc) is 3.02. The Kier molecular flexibility index (Phi) is 2.40. The fraction of sp³-hybridized carbons (Fsp3) is 0.200. The molecule has 1 aliphatic rings. The van der Waals surface area contributed by atoms with E-state index in [4.69, 9.17) is 0 Å². The first-order valence-electron chi connectivity index (χ1n) is 7.83. The molecule has 2 aromatic heterocycles. The van der Waals surface area contributed by atoms with Crippen LogP contribution in [0.2, 0.25) is 0 Å². The van der Waals surface area contributed by atoms with Crippen molar-refractivity contribution in [3.63, 3.8) is 0 Å². The van der Waals surface area contributed by atoms with Gasteiger partial charge in [-0.25, -0.2) is 0 Å². The highest BCUT2D eigenvalue weighted by Crippen LogP contribution is 2.40. The van der Waals surface area contributed by atoms with Crippen LogP contribution in [0.25, 0.3) is 38.0 Å². The molecule has 1 aliphatic carbocycles. The van der Waals surface area contributed by atoms with Crippen molar-refractivity contribution in [2.75, 3.05) is 0 Å². The number of aryl methyl sites for hydroxylation is 1. The summed E-state index contributed by atoms with van der Waals surface area (Å²) in [6, 6.07) is 13.5. The Labute approximate surface area is 133 Å². The molecule has 2 heterocycles. The lowest BCUT2D eigenvalue weighted by Crippen LogP contribution is -2.00. The maximum Gasteiger partial charge on any atom is 0.0503 e. The van der Waals surface area contributed by atoms with Crippen LogP contribution in [-0.4, -0.2) is 4.57 Å². The van der Waals surface area contributed by atoms with Crippen LogP contribution in [0.1, 0.15) is 17.4 Å². The van der Waals surface area contributed by atoms with Crippen molar-refractivity contribution < 1.29 is 0 Å². The summed E-state index contributed by atoms with van der Waals surface area (Å²) < 4.78 is 3.74. The van der Waals surface area contributed by atoms with Crippen molar-refractivity contribution in [3.8, 4) is 0 Å². The van der Waals surface area contributed by atoms with Gasteiger partial charge in [0.2, 0.25) is 0 Å². The number of benzene rings is 2. The van der Waals surface area contributed by atoms with Gasteiger partial charge in [-0.05, 0) is 47.6 Å². The van der Waals surface area contributed by atoms with Gasteiger partial charge >= 0.3 is 0 Å². The van der Waals surface area contributed by atoms with Crippen LogP contribution < -0.4 is 0 Å². The van der Waals surface area contributed by atoms with Gasteiger partial charge < -0.3 is 4.57 Å². The summed E-state index contributed by atoms with van der Waals surface area (Å²) in [5.74, 6) is 0.647. The van der Waals surface area contributed by atoms with Crippen LogP contribution in [0.5, 0.6) is 0 Å². The van der Waals surface area contributed by atoms with Crippen LogP contribution in [0.15, 0.2) is 42.5 Å². The number of hydrogen-bond acceptors (Lipinski definition) is 1. The van der Waals surface area contributed by atoms with Gasteiger partial charge in [0.05, 0.1) is 5.52 Å². The minimum Gasteiger partial charge on any atom is -0.344 e. The highest BCUT2D eigenvalue weighted by atomic mass is 32.1. The summed E-state index contributed by atoms with van der Waals surface area (Å²) >= 11 is 1.94. The van der Waals surface area contributed by atoms with Crippen LogP contribution in [0, 0.1) is 5.92 Å². The van der Waals surface area contributed by atoms with Gasteiger partial charge in [0.15, 0.2) is 0 Å². The Morgan fingerprint density at radius 2 is 1.91 bits per heavy atom. The van der Waals surface area contributed by atoms with Crippen molar-refractivity contribution in [2.45, 2.75) is 13.3 Å². The molecule has 0 radical (unpaired) electrons. The minimum absolute atomic E-state index is 0.647. The molecule has 0 amide bonds. The highest BCUT2D eigenvalue weighted by Gasteiger charge is 2.18. The summed E-state index contributed by atoms with van der Waals surface area (Å²) in [7, 11) is 2.17. The second-order valence-corrected chi connectivity index (χ2v) is 7.51. The van der Waals surface area contributed by atoms with Gasteiger partial charge in [0.1, 0.15) is 0 Å². The fourth-order valence-electron chi connectivity index (χ4n) is 3.81. The van der Waals surface area contributed by atoms with E-state index < -0.39 is 0 Å². The molecule has 2 aromatic carbocycles. The molecule has 0 bridgehead atoms. The van der Waals surface area contributed by atoms with E-state index in [-0.39, 0.29) is 0 Å². The molecule has 4 aromatic rings. The van der Waals surface area contributed by atoms with Crippen molar-refractivity contribution in [1.29, 1.82) is 0 Å². The molecular formula is C20H17NS. The van der Waals surface area contributed by atoms with Crippen molar-refractivity contribution in [1.82, 2.24) is 4.57 Å². The van der Waals surface area contributed by atoms with Crippen LogP contribution in [0.3, 0.4) is 0 Å². The fourth-order valence-corrected chi connectivity index (χ4v) is 4.97. The van der Waals surface area contributed by atoms with E-state index >= 15 is 0 Å². The molecule has 2 heteroatoms. The van der Waals surface area contributed by atoms with Crippen molar-refractivity contribution in [3.05, 3.63) is 52.9 Å². The molecule has 1 atom stereocenters. The molecule has 0 fully saturated rings. The van der Waals surface area contributed by atoms with Gasteiger partial charge in [0.25, 0.3) is 0 Å². The lowest BCUT2D eigenvalue weighted by Gasteiger charge is -2.11. The van der Waals surface area contributed by atoms with Crippen LogP contribution in [-0.2, 0) is 13.5 Å². The van der Waals surface area contributed by atoms with Gasteiger partial charge in [0, 0.05) is 32.9 Å².